The van der Waals surface area contributed by atoms with Gasteiger partial charge in [0.15, 0.2) is 0 Å². The van der Waals surface area contributed by atoms with E-state index < -0.39 is 59.7 Å². The Hall–Kier alpha value is -3.48. The van der Waals surface area contributed by atoms with E-state index in [1.54, 1.807) is 13.8 Å². The van der Waals surface area contributed by atoms with Crippen LogP contribution in [-0.4, -0.2) is 68.8 Å². The molecule has 4 unspecified atom stereocenters. The lowest BCUT2D eigenvalue weighted by molar-refractivity contribution is -0.143. The number of rotatable bonds is 15. The predicted octanol–water partition coefficient (Wildman–Crippen LogP) is -1.21. The van der Waals surface area contributed by atoms with Crippen LogP contribution in [0.4, 0.5) is 0 Å². The Morgan fingerprint density at radius 1 is 1.00 bits per heavy atom. The van der Waals surface area contributed by atoms with Crippen molar-refractivity contribution in [3.8, 4) is 0 Å². The minimum absolute atomic E-state index is 0.0277. The van der Waals surface area contributed by atoms with Crippen LogP contribution < -0.4 is 27.4 Å². The van der Waals surface area contributed by atoms with E-state index in [1.165, 1.54) is 12.5 Å². The summed E-state index contributed by atoms with van der Waals surface area (Å²) >= 11 is 0. The summed E-state index contributed by atoms with van der Waals surface area (Å²) in [5, 5.41) is 16.9. The molecule has 4 amide bonds. The number of aliphatic carboxylic acids is 1. The van der Waals surface area contributed by atoms with Crippen molar-refractivity contribution in [2.24, 2.45) is 23.3 Å². The second-order valence-electron chi connectivity index (χ2n) is 9.21. The van der Waals surface area contributed by atoms with E-state index in [4.69, 9.17) is 11.5 Å². The maximum absolute atomic E-state index is 13.1. The molecule has 13 heteroatoms. The van der Waals surface area contributed by atoms with Crippen LogP contribution in [0, 0.1) is 11.8 Å². The molecule has 1 aromatic rings. The van der Waals surface area contributed by atoms with E-state index in [-0.39, 0.29) is 25.2 Å². The summed E-state index contributed by atoms with van der Waals surface area (Å²) in [6, 6.07) is -4.43. The summed E-state index contributed by atoms with van der Waals surface area (Å²) in [7, 11) is 0. The molecule has 196 valence electrons. The number of carbonyl (C=O) groups is 5. The molecule has 0 bridgehead atoms. The van der Waals surface area contributed by atoms with Crippen molar-refractivity contribution in [2.75, 3.05) is 0 Å². The van der Waals surface area contributed by atoms with Crippen LogP contribution in [0.1, 0.15) is 52.7 Å². The molecular formula is C22H37N7O6. The first-order chi connectivity index (χ1) is 16.3. The van der Waals surface area contributed by atoms with Gasteiger partial charge in [0.25, 0.3) is 0 Å². The molecule has 1 rings (SSSR count). The average molecular weight is 496 g/mol. The maximum Gasteiger partial charge on any atom is 0.326 e. The summed E-state index contributed by atoms with van der Waals surface area (Å²) in [5.74, 6) is -4.26. The van der Waals surface area contributed by atoms with Crippen LogP contribution in [0.5, 0.6) is 0 Å². The number of amides is 4. The van der Waals surface area contributed by atoms with Crippen LogP contribution in [0.15, 0.2) is 12.5 Å². The van der Waals surface area contributed by atoms with Gasteiger partial charge in [0.2, 0.25) is 23.6 Å². The van der Waals surface area contributed by atoms with Gasteiger partial charge in [-0.25, -0.2) is 9.78 Å². The number of hydrogen-bond donors (Lipinski definition) is 7. The van der Waals surface area contributed by atoms with Crippen molar-refractivity contribution < 1.29 is 29.1 Å². The zero-order chi connectivity index (χ0) is 26.7. The lowest BCUT2D eigenvalue weighted by atomic mass is 10.0. The lowest BCUT2D eigenvalue weighted by Gasteiger charge is -2.26. The lowest BCUT2D eigenvalue weighted by Crippen LogP contribution is -2.58. The number of nitrogens with zero attached hydrogens (tertiary/aromatic N) is 1. The Morgan fingerprint density at radius 3 is 2.09 bits per heavy atom. The molecule has 0 aliphatic heterocycles. The molecule has 0 spiro atoms. The summed E-state index contributed by atoms with van der Waals surface area (Å²) in [5.41, 5.74) is 11.7. The fraction of sp³-hybridized carbons (Fsp3) is 0.636. The van der Waals surface area contributed by atoms with Gasteiger partial charge in [0.05, 0.1) is 12.4 Å². The number of nitrogens with one attached hydrogen (secondary N) is 4. The highest BCUT2D eigenvalue weighted by atomic mass is 16.4. The quantitative estimate of drug-likeness (QED) is 0.156. The molecule has 0 aliphatic rings. The third-order valence-electron chi connectivity index (χ3n) is 5.22. The van der Waals surface area contributed by atoms with Gasteiger partial charge in [0.1, 0.15) is 18.1 Å². The second kappa shape index (κ2) is 14.0. The SMILES string of the molecule is CC(C)CC(N)C(=O)NC(Cc1cnc[nH]1)C(=O)NC(CCC(N)=O)C(=O)NC(C(=O)O)C(C)C. The molecule has 0 aromatic carbocycles. The standard InChI is InChI=1S/C22H37N7O6/c1-11(2)7-14(23)19(31)28-16(8-13-9-25-10-26-13)21(33)27-15(5-6-17(24)30)20(32)29-18(12(3)4)22(34)35/h9-12,14-16,18H,5-8,23H2,1-4H3,(H2,24,30)(H,25,26)(H,27,33)(H,28,31)(H,29,32)(H,34,35). The number of hydrogen-bond acceptors (Lipinski definition) is 7. The number of nitrogens with two attached hydrogens (primary N) is 2. The van der Waals surface area contributed by atoms with E-state index >= 15 is 0 Å². The van der Waals surface area contributed by atoms with Crippen molar-refractivity contribution in [1.82, 2.24) is 25.9 Å². The highest BCUT2D eigenvalue weighted by Crippen LogP contribution is 2.08. The molecule has 35 heavy (non-hydrogen) atoms. The third kappa shape index (κ3) is 10.5. The maximum atomic E-state index is 13.1. The normalized spacial score (nSPS) is 14.6. The molecule has 0 saturated heterocycles. The Bertz CT molecular complexity index is 872. The molecule has 13 nitrogen and oxygen atoms in total. The Morgan fingerprint density at radius 2 is 1.60 bits per heavy atom. The van der Waals surface area contributed by atoms with Crippen LogP contribution in [0.2, 0.25) is 0 Å². The van der Waals surface area contributed by atoms with Gasteiger partial charge in [-0.2, -0.15) is 0 Å². The minimum atomic E-state index is -1.26. The fourth-order valence-electron chi connectivity index (χ4n) is 3.31. The number of H-pyrrole nitrogens is 1. The molecule has 0 saturated carbocycles. The Kier molecular flexibility index (Phi) is 11.9. The smallest absolute Gasteiger partial charge is 0.326 e. The number of imidazole rings is 1. The summed E-state index contributed by atoms with van der Waals surface area (Å²) < 4.78 is 0. The monoisotopic (exact) mass is 495 g/mol. The Balaban J connectivity index is 3.08. The van der Waals surface area contributed by atoms with Gasteiger partial charge in [-0.3, -0.25) is 19.2 Å². The molecule has 4 atom stereocenters. The third-order valence-corrected chi connectivity index (χ3v) is 5.22. The van der Waals surface area contributed by atoms with Crippen molar-refractivity contribution >= 4 is 29.6 Å². The van der Waals surface area contributed by atoms with Crippen molar-refractivity contribution in [3.63, 3.8) is 0 Å². The largest absolute Gasteiger partial charge is 0.480 e. The van der Waals surface area contributed by atoms with Crippen molar-refractivity contribution in [2.45, 2.75) is 77.5 Å². The summed E-state index contributed by atoms with van der Waals surface area (Å²) in [6.07, 6.45) is 2.94. The molecule has 0 aliphatic carbocycles. The minimum Gasteiger partial charge on any atom is -0.480 e. The summed E-state index contributed by atoms with van der Waals surface area (Å²) in [6.45, 7) is 7.05. The number of carbonyl (C=O) groups excluding carboxylic acids is 4. The zero-order valence-electron chi connectivity index (χ0n) is 20.5. The molecule has 1 heterocycles. The number of aromatic amines is 1. The molecule has 9 N–H and O–H groups in total. The van der Waals surface area contributed by atoms with Gasteiger partial charge in [-0.1, -0.05) is 27.7 Å². The fourth-order valence-corrected chi connectivity index (χ4v) is 3.31. The Labute approximate surface area is 204 Å². The van der Waals surface area contributed by atoms with Crippen LogP contribution >= 0.6 is 0 Å². The first-order valence-corrected chi connectivity index (χ1v) is 11.5. The number of primary amides is 1. The van der Waals surface area contributed by atoms with E-state index in [0.29, 0.717) is 12.1 Å². The first-order valence-electron chi connectivity index (χ1n) is 11.5. The van der Waals surface area contributed by atoms with E-state index in [1.807, 2.05) is 13.8 Å². The van der Waals surface area contributed by atoms with Crippen LogP contribution in [0.25, 0.3) is 0 Å². The van der Waals surface area contributed by atoms with Gasteiger partial charge < -0.3 is 37.5 Å². The van der Waals surface area contributed by atoms with Gasteiger partial charge in [0, 0.05) is 24.7 Å². The van der Waals surface area contributed by atoms with Crippen LogP contribution in [0.3, 0.4) is 0 Å². The van der Waals surface area contributed by atoms with E-state index in [0.717, 1.165) is 0 Å². The van der Waals surface area contributed by atoms with Gasteiger partial charge >= 0.3 is 5.97 Å². The summed E-state index contributed by atoms with van der Waals surface area (Å²) in [4.78, 5) is 68.1. The van der Waals surface area contributed by atoms with Crippen LogP contribution in [-0.2, 0) is 30.4 Å². The van der Waals surface area contributed by atoms with Gasteiger partial charge in [-0.15, -0.1) is 0 Å². The number of carboxylic acid groups (broad SMARTS) is 1. The molecule has 1 aromatic heterocycles. The zero-order valence-corrected chi connectivity index (χ0v) is 20.5. The van der Waals surface area contributed by atoms with E-state index in [2.05, 4.69) is 25.9 Å². The molecule has 0 radical (unpaired) electrons. The highest BCUT2D eigenvalue weighted by Gasteiger charge is 2.31. The van der Waals surface area contributed by atoms with Crippen molar-refractivity contribution in [1.29, 1.82) is 0 Å². The number of aromatic nitrogens is 2. The first kappa shape index (κ1) is 29.6. The number of carboxylic acids is 1. The van der Waals surface area contributed by atoms with E-state index in [9.17, 15) is 29.1 Å². The topological polar surface area (TPSA) is 222 Å². The molecular weight excluding hydrogens is 458 g/mol. The highest BCUT2D eigenvalue weighted by molar-refractivity contribution is 5.94. The predicted molar refractivity (Wildman–Crippen MR) is 126 cm³/mol. The van der Waals surface area contributed by atoms with Gasteiger partial charge in [-0.05, 0) is 24.7 Å². The average Bonchev–Trinajstić information content (AvgIpc) is 3.26. The molecule has 0 fully saturated rings. The second-order valence-corrected chi connectivity index (χ2v) is 9.21. The van der Waals surface area contributed by atoms with Crippen molar-refractivity contribution in [3.05, 3.63) is 18.2 Å².